The Morgan fingerprint density at radius 1 is 0.946 bits per heavy atom. The topological polar surface area (TPSA) is 168 Å². The van der Waals surface area contributed by atoms with Gasteiger partial charge in [0.2, 0.25) is 5.78 Å². The summed E-state index contributed by atoms with van der Waals surface area (Å²) in [5.41, 5.74) is -4.22. The number of phenols is 2. The summed E-state index contributed by atoms with van der Waals surface area (Å²) in [6, 6.07) is 4.22. The number of hydrogen-bond acceptors (Lipinski definition) is 9. The molecule has 37 heavy (non-hydrogen) atoms. The van der Waals surface area contributed by atoms with Gasteiger partial charge in [0.15, 0.2) is 35.1 Å². The number of Topliss-reactive ketones (excluding diaryl/α,β-unsaturated/α-hetero) is 4. The molecule has 0 saturated heterocycles. The van der Waals surface area contributed by atoms with Gasteiger partial charge in [0.05, 0.1) is 34.9 Å². The quantitative estimate of drug-likeness (QED) is 0.270. The number of ketones is 4. The number of allylic oxidation sites excluding steroid dienone is 2. The molecule has 1 aromatic heterocycles. The number of rotatable bonds is 2. The molecule has 0 aliphatic heterocycles. The summed E-state index contributed by atoms with van der Waals surface area (Å²) in [6.45, 7) is 1.51. The SMILES string of the molecule is COc1cc(C)c2c(c1O)C(=O)C1=C(C2=O)C(=O)C2(CCc3cc4cc(C=O)[nH]c(=O)c4c(O)c32)C1=O. The first-order valence-electron chi connectivity index (χ1n) is 11.3. The van der Waals surface area contributed by atoms with Crippen LogP contribution in [-0.2, 0) is 21.4 Å². The van der Waals surface area contributed by atoms with Crippen LogP contribution in [0.2, 0.25) is 0 Å². The van der Waals surface area contributed by atoms with Gasteiger partial charge < -0.3 is 19.9 Å². The van der Waals surface area contributed by atoms with Crippen LogP contribution in [0.5, 0.6) is 17.2 Å². The molecule has 0 radical (unpaired) electrons. The van der Waals surface area contributed by atoms with E-state index in [-0.39, 0.29) is 51.7 Å². The van der Waals surface area contributed by atoms with E-state index < -0.39 is 62.3 Å². The van der Waals surface area contributed by atoms with Crippen LogP contribution in [0.4, 0.5) is 0 Å². The Hall–Kier alpha value is -4.86. The number of nitrogens with one attached hydrogen (secondary N) is 1. The number of phenolic OH excluding ortho intramolecular Hbond substituents is 2. The fraction of sp³-hybridized carbons (Fsp3) is 0.185. The van der Waals surface area contributed by atoms with Crippen LogP contribution < -0.4 is 10.3 Å². The van der Waals surface area contributed by atoms with Crippen LogP contribution in [0.3, 0.4) is 0 Å². The molecule has 0 saturated carbocycles. The number of ether oxygens (including phenoxy) is 1. The standard InChI is InChI=1S/C27H17NO9/c1-9-5-13(37-2)20(30)16-14(9)21(31)17-18(22(16)32)25(35)27(24(17)34)4-3-10-6-11-7-12(8-29)28-26(36)15(11)23(33)19(10)27/h5-8,30,33H,3-4H2,1-2H3,(H,28,36). The fourth-order valence-corrected chi connectivity index (χ4v) is 6.02. The van der Waals surface area contributed by atoms with Crippen LogP contribution in [0.1, 0.15) is 54.3 Å². The third kappa shape index (κ3) is 2.49. The molecule has 0 amide bonds. The fourth-order valence-electron chi connectivity index (χ4n) is 6.02. The van der Waals surface area contributed by atoms with E-state index in [1.165, 1.54) is 32.2 Å². The highest BCUT2D eigenvalue weighted by Crippen LogP contribution is 2.55. The van der Waals surface area contributed by atoms with Gasteiger partial charge in [0, 0.05) is 11.1 Å². The minimum absolute atomic E-state index is 0.0192. The second-order valence-electron chi connectivity index (χ2n) is 9.36. The highest BCUT2D eigenvalue weighted by Gasteiger charge is 2.63. The van der Waals surface area contributed by atoms with Crippen molar-refractivity contribution in [2.75, 3.05) is 7.11 Å². The highest BCUT2D eigenvalue weighted by molar-refractivity contribution is 6.53. The number of methoxy groups -OCH3 is 1. The zero-order valence-electron chi connectivity index (χ0n) is 19.5. The first-order chi connectivity index (χ1) is 17.6. The Kier molecular flexibility index (Phi) is 4.33. The number of pyridine rings is 1. The third-order valence-corrected chi connectivity index (χ3v) is 7.60. The normalized spacial score (nSPS) is 20.1. The van der Waals surface area contributed by atoms with Gasteiger partial charge in [0.1, 0.15) is 11.2 Å². The van der Waals surface area contributed by atoms with E-state index in [9.17, 15) is 39.0 Å². The molecule has 0 bridgehead atoms. The number of aromatic nitrogens is 1. The van der Waals surface area contributed by atoms with Crippen molar-refractivity contribution in [2.45, 2.75) is 25.2 Å². The Morgan fingerprint density at radius 2 is 1.59 bits per heavy atom. The molecule has 3 N–H and O–H groups in total. The average molecular weight is 499 g/mol. The number of hydrogen-bond donors (Lipinski definition) is 3. The van der Waals surface area contributed by atoms with Gasteiger partial charge in [-0.05, 0) is 48.4 Å². The summed E-state index contributed by atoms with van der Waals surface area (Å²) in [7, 11) is 1.27. The Morgan fingerprint density at radius 3 is 2.22 bits per heavy atom. The summed E-state index contributed by atoms with van der Waals surface area (Å²) in [5, 5.41) is 21.9. The van der Waals surface area contributed by atoms with E-state index in [1.54, 1.807) is 0 Å². The molecule has 1 heterocycles. The molecule has 1 spiro atoms. The summed E-state index contributed by atoms with van der Waals surface area (Å²) in [5.74, 6) is -5.07. The predicted octanol–water partition coefficient (Wildman–Crippen LogP) is 1.78. The van der Waals surface area contributed by atoms with Gasteiger partial charge in [0.25, 0.3) is 5.56 Å². The number of benzene rings is 2. The average Bonchev–Trinajstić information content (AvgIpc) is 3.35. The van der Waals surface area contributed by atoms with Crippen molar-refractivity contribution in [2.24, 2.45) is 0 Å². The molecule has 3 aromatic rings. The first-order valence-corrected chi connectivity index (χ1v) is 11.3. The maximum atomic E-state index is 13.9. The number of aryl methyl sites for hydroxylation is 2. The molecule has 3 aliphatic rings. The lowest BCUT2D eigenvalue weighted by molar-refractivity contribution is -0.128. The van der Waals surface area contributed by atoms with E-state index in [0.717, 1.165) is 0 Å². The number of H-pyrrole nitrogens is 1. The second-order valence-corrected chi connectivity index (χ2v) is 9.36. The molecule has 2 aromatic carbocycles. The van der Waals surface area contributed by atoms with Gasteiger partial charge in [-0.25, -0.2) is 0 Å². The van der Waals surface area contributed by atoms with Crippen LogP contribution in [0, 0.1) is 6.92 Å². The maximum absolute atomic E-state index is 13.9. The number of carbonyl (C=O) groups is 5. The van der Waals surface area contributed by atoms with E-state index in [2.05, 4.69) is 4.98 Å². The minimum Gasteiger partial charge on any atom is -0.507 e. The van der Waals surface area contributed by atoms with Gasteiger partial charge in [-0.2, -0.15) is 0 Å². The largest absolute Gasteiger partial charge is 0.507 e. The van der Waals surface area contributed by atoms with Crippen LogP contribution in [0.15, 0.2) is 34.1 Å². The minimum atomic E-state index is -2.07. The number of carbonyl (C=O) groups excluding carboxylic acids is 5. The van der Waals surface area contributed by atoms with Crippen molar-refractivity contribution in [3.8, 4) is 17.2 Å². The molecular formula is C27H17NO9. The Bertz CT molecular complexity index is 1810. The molecule has 3 aliphatic carbocycles. The van der Waals surface area contributed by atoms with Crippen LogP contribution >= 0.6 is 0 Å². The number of aldehydes is 1. The van der Waals surface area contributed by atoms with E-state index in [1.807, 2.05) is 0 Å². The van der Waals surface area contributed by atoms with Crippen molar-refractivity contribution in [3.05, 3.63) is 73.2 Å². The van der Waals surface area contributed by atoms with Crippen LogP contribution in [-0.4, -0.2) is 51.7 Å². The molecule has 10 heteroatoms. The molecule has 0 fully saturated rings. The summed E-state index contributed by atoms with van der Waals surface area (Å²) >= 11 is 0. The Labute approximate surface area is 207 Å². The molecule has 1 unspecified atom stereocenters. The Balaban J connectivity index is 1.61. The molecule has 184 valence electrons. The smallest absolute Gasteiger partial charge is 0.260 e. The van der Waals surface area contributed by atoms with Crippen molar-refractivity contribution >= 4 is 40.2 Å². The molecule has 1 atom stereocenters. The molecule has 10 nitrogen and oxygen atoms in total. The molecule has 6 rings (SSSR count). The van der Waals surface area contributed by atoms with Crippen molar-refractivity contribution < 1.29 is 38.9 Å². The van der Waals surface area contributed by atoms with Crippen LogP contribution in [0.25, 0.3) is 10.8 Å². The van der Waals surface area contributed by atoms with Gasteiger partial charge in [-0.3, -0.25) is 28.8 Å². The maximum Gasteiger partial charge on any atom is 0.260 e. The van der Waals surface area contributed by atoms with E-state index >= 15 is 0 Å². The second kappa shape index (κ2) is 7.10. The van der Waals surface area contributed by atoms with Gasteiger partial charge in [-0.1, -0.05) is 6.07 Å². The van der Waals surface area contributed by atoms with E-state index in [0.29, 0.717) is 11.8 Å². The van der Waals surface area contributed by atoms with Crippen molar-refractivity contribution in [1.82, 2.24) is 4.98 Å². The zero-order valence-corrected chi connectivity index (χ0v) is 19.5. The molecular weight excluding hydrogens is 482 g/mol. The zero-order chi connectivity index (χ0) is 26.5. The van der Waals surface area contributed by atoms with Gasteiger partial charge in [-0.15, -0.1) is 0 Å². The van der Waals surface area contributed by atoms with Crippen molar-refractivity contribution in [1.29, 1.82) is 0 Å². The summed E-state index contributed by atoms with van der Waals surface area (Å²) in [4.78, 5) is 81.1. The predicted molar refractivity (Wildman–Crippen MR) is 127 cm³/mol. The van der Waals surface area contributed by atoms with E-state index in [4.69, 9.17) is 4.74 Å². The monoisotopic (exact) mass is 499 g/mol. The number of aromatic hydroxyl groups is 2. The summed E-state index contributed by atoms with van der Waals surface area (Å²) in [6.07, 6.45) is 0.434. The van der Waals surface area contributed by atoms with Crippen molar-refractivity contribution in [3.63, 3.8) is 0 Å². The van der Waals surface area contributed by atoms with Gasteiger partial charge >= 0.3 is 0 Å². The highest BCUT2D eigenvalue weighted by atomic mass is 16.5. The summed E-state index contributed by atoms with van der Waals surface area (Å²) < 4.78 is 5.09. The number of fused-ring (bicyclic) bond motifs is 4. The lowest BCUT2D eigenvalue weighted by atomic mass is 9.75. The lowest BCUT2D eigenvalue weighted by Crippen LogP contribution is -2.38. The number of aromatic amines is 1. The third-order valence-electron chi connectivity index (χ3n) is 7.60. The first kappa shape index (κ1) is 22.6. The lowest BCUT2D eigenvalue weighted by Gasteiger charge is -2.23.